The highest BCUT2D eigenvalue weighted by Crippen LogP contribution is 2.26. The number of aliphatic carboxylic acids is 1. The highest BCUT2D eigenvalue weighted by molar-refractivity contribution is 7.73. The van der Waals surface area contributed by atoms with Crippen LogP contribution in [0.3, 0.4) is 0 Å². The molecule has 3 N–H and O–H groups in total. The van der Waals surface area contributed by atoms with Gasteiger partial charge in [-0.25, -0.2) is 0 Å². The number of aromatic hydroxyl groups is 1. The second-order valence-corrected chi connectivity index (χ2v) is 9.35. The second-order valence-electron chi connectivity index (χ2n) is 7.67. The molecule has 2 rings (SSSR count). The first kappa shape index (κ1) is 25.7. The number of hydrogen-bond acceptors (Lipinski definition) is 6. The van der Waals surface area contributed by atoms with Gasteiger partial charge in [0.15, 0.2) is 3.95 Å². The van der Waals surface area contributed by atoms with Gasteiger partial charge >= 0.3 is 5.97 Å². The minimum absolute atomic E-state index is 0.139. The molecular formula is C23H31N3O4S2. The van der Waals surface area contributed by atoms with Gasteiger partial charge in [-0.05, 0) is 43.3 Å². The monoisotopic (exact) mass is 477 g/mol. The Bertz CT molecular complexity index is 982. The number of aromatic nitrogens is 1. The molecule has 0 bridgehead atoms. The number of amides is 1. The number of carbonyl (C=O) groups excluding carboxylic acids is 1. The minimum atomic E-state index is -0.717. The van der Waals surface area contributed by atoms with Crippen molar-refractivity contribution in [3.8, 4) is 5.88 Å². The van der Waals surface area contributed by atoms with Crippen molar-refractivity contribution in [1.82, 2.24) is 4.57 Å². The molecule has 1 heterocycles. The van der Waals surface area contributed by atoms with Gasteiger partial charge in [0.1, 0.15) is 4.88 Å². The Labute approximate surface area is 197 Å². The van der Waals surface area contributed by atoms with Gasteiger partial charge in [0.2, 0.25) is 11.8 Å². The van der Waals surface area contributed by atoms with Crippen LogP contribution in [0.1, 0.15) is 69.6 Å². The van der Waals surface area contributed by atoms with Gasteiger partial charge < -0.3 is 15.5 Å². The maximum Gasteiger partial charge on any atom is 0.303 e. The molecule has 0 radical (unpaired) electrons. The summed E-state index contributed by atoms with van der Waals surface area (Å²) in [5.41, 5.74) is 1.34. The van der Waals surface area contributed by atoms with Gasteiger partial charge in [-0.15, -0.1) is 0 Å². The van der Waals surface area contributed by atoms with Crippen molar-refractivity contribution >= 4 is 53.0 Å². The van der Waals surface area contributed by atoms with Crippen LogP contribution in [0.4, 0.5) is 11.4 Å². The Balaban J connectivity index is 1.77. The van der Waals surface area contributed by atoms with Crippen LogP contribution >= 0.6 is 23.6 Å². The van der Waals surface area contributed by atoms with Crippen LogP contribution in [0.5, 0.6) is 5.88 Å². The number of nitrogens with one attached hydrogen (secondary N) is 1. The van der Waals surface area contributed by atoms with Crippen molar-refractivity contribution in [3.63, 3.8) is 0 Å². The van der Waals surface area contributed by atoms with Crippen molar-refractivity contribution in [2.24, 2.45) is 4.99 Å². The molecule has 0 aliphatic rings. The molecule has 32 heavy (non-hydrogen) atoms. The fourth-order valence-electron chi connectivity index (χ4n) is 3.30. The average Bonchev–Trinajstić information content (AvgIpc) is 3.00. The lowest BCUT2D eigenvalue weighted by Crippen LogP contribution is -2.05. The first-order valence-electron chi connectivity index (χ1n) is 10.9. The molecule has 0 aliphatic carbocycles. The van der Waals surface area contributed by atoms with Crippen molar-refractivity contribution in [2.75, 3.05) is 5.32 Å². The summed E-state index contributed by atoms with van der Waals surface area (Å²) in [5.74, 6) is -0.722. The number of thiazole rings is 1. The number of aliphatic imine (C=N–C) groups is 1. The third-order valence-corrected chi connectivity index (χ3v) is 6.29. The molecular weight excluding hydrogens is 446 g/mol. The lowest BCUT2D eigenvalue weighted by molar-refractivity contribution is -0.137. The van der Waals surface area contributed by atoms with E-state index in [2.05, 4.69) is 10.3 Å². The number of carboxylic acid groups (broad SMARTS) is 1. The van der Waals surface area contributed by atoms with E-state index in [0.29, 0.717) is 26.8 Å². The summed E-state index contributed by atoms with van der Waals surface area (Å²) >= 11 is 6.73. The maximum atomic E-state index is 11.2. The smallest absolute Gasteiger partial charge is 0.303 e. The fourth-order valence-corrected chi connectivity index (χ4v) is 4.53. The summed E-state index contributed by atoms with van der Waals surface area (Å²) in [4.78, 5) is 26.7. The lowest BCUT2D eigenvalue weighted by atomic mass is 10.1. The van der Waals surface area contributed by atoms with Crippen LogP contribution in [-0.4, -0.2) is 32.9 Å². The summed E-state index contributed by atoms with van der Waals surface area (Å²) in [6.07, 6.45) is 10.1. The number of hydrogen-bond donors (Lipinski definition) is 3. The van der Waals surface area contributed by atoms with Gasteiger partial charge in [0.25, 0.3) is 0 Å². The molecule has 7 nitrogen and oxygen atoms in total. The molecule has 0 unspecified atom stereocenters. The van der Waals surface area contributed by atoms with Gasteiger partial charge in [0, 0.05) is 25.6 Å². The topological polar surface area (TPSA) is 104 Å². The first-order chi connectivity index (χ1) is 15.4. The molecule has 2 aromatic rings. The summed E-state index contributed by atoms with van der Waals surface area (Å²) in [5, 5.41) is 21.9. The van der Waals surface area contributed by atoms with E-state index >= 15 is 0 Å². The minimum Gasteiger partial charge on any atom is -0.493 e. The zero-order chi connectivity index (χ0) is 23.3. The van der Waals surface area contributed by atoms with E-state index < -0.39 is 5.97 Å². The predicted molar refractivity (Wildman–Crippen MR) is 132 cm³/mol. The summed E-state index contributed by atoms with van der Waals surface area (Å²) < 4.78 is 2.37. The third-order valence-electron chi connectivity index (χ3n) is 4.91. The standard InChI is InChI=1S/C23H31N3O4S2/c1-17(27)25-19-12-10-11-18(15-19)24-16-20-22(30)26(23(31)32-20)14-9-7-5-3-2-4-6-8-13-21(28)29/h10-12,15-16,30H,2-9,13-14H2,1H3,(H,25,27)(H,28,29). The Morgan fingerprint density at radius 1 is 1.12 bits per heavy atom. The van der Waals surface area contributed by atoms with E-state index in [1.807, 2.05) is 6.07 Å². The molecule has 0 aliphatic heterocycles. The van der Waals surface area contributed by atoms with E-state index in [4.69, 9.17) is 17.3 Å². The number of rotatable bonds is 14. The maximum absolute atomic E-state index is 11.2. The van der Waals surface area contributed by atoms with Crippen LogP contribution in [0.2, 0.25) is 0 Å². The van der Waals surface area contributed by atoms with Crippen LogP contribution < -0.4 is 5.32 Å². The number of benzene rings is 1. The first-order valence-corrected chi connectivity index (χ1v) is 12.2. The number of anilines is 1. The largest absolute Gasteiger partial charge is 0.493 e. The number of nitrogens with zero attached hydrogens (tertiary/aromatic N) is 2. The predicted octanol–water partition coefficient (Wildman–Crippen LogP) is 6.29. The second kappa shape index (κ2) is 13.8. The SMILES string of the molecule is CC(=O)Nc1cccc(N=Cc2sc(=S)n(CCCCCCCCCCC(=O)O)c2O)c1. The van der Waals surface area contributed by atoms with Crippen molar-refractivity contribution in [2.45, 2.75) is 71.3 Å². The highest BCUT2D eigenvalue weighted by Gasteiger charge is 2.10. The number of unbranched alkanes of at least 4 members (excludes halogenated alkanes) is 7. The molecule has 1 aromatic carbocycles. The zero-order valence-corrected chi connectivity index (χ0v) is 20.0. The van der Waals surface area contributed by atoms with Crippen LogP contribution in [0, 0.1) is 3.95 Å². The fraction of sp³-hybridized carbons (Fsp3) is 0.478. The van der Waals surface area contributed by atoms with Gasteiger partial charge in [0.05, 0.1) is 11.9 Å². The molecule has 9 heteroatoms. The quantitative estimate of drug-likeness (QED) is 0.168. The zero-order valence-electron chi connectivity index (χ0n) is 18.4. The van der Waals surface area contributed by atoms with Crippen LogP contribution in [0.15, 0.2) is 29.3 Å². The summed E-state index contributed by atoms with van der Waals surface area (Å²) in [6, 6.07) is 7.18. The van der Waals surface area contributed by atoms with Crippen LogP contribution in [0.25, 0.3) is 0 Å². The Morgan fingerprint density at radius 2 is 1.78 bits per heavy atom. The molecule has 174 valence electrons. The van der Waals surface area contributed by atoms with Gasteiger partial charge in [-0.1, -0.05) is 55.9 Å². The Morgan fingerprint density at radius 3 is 2.44 bits per heavy atom. The molecule has 0 fully saturated rings. The van der Waals surface area contributed by atoms with E-state index in [0.717, 1.165) is 51.4 Å². The summed E-state index contributed by atoms with van der Waals surface area (Å²) in [6.45, 7) is 2.13. The number of carboxylic acids is 1. The third kappa shape index (κ3) is 9.32. The van der Waals surface area contributed by atoms with Crippen LogP contribution in [-0.2, 0) is 16.1 Å². The van der Waals surface area contributed by atoms with E-state index in [9.17, 15) is 14.7 Å². The van der Waals surface area contributed by atoms with E-state index in [-0.39, 0.29) is 18.2 Å². The number of carbonyl (C=O) groups is 2. The Kier molecular flexibility index (Phi) is 11.1. The van der Waals surface area contributed by atoms with Crippen molar-refractivity contribution < 1.29 is 19.8 Å². The molecule has 0 saturated carbocycles. The average molecular weight is 478 g/mol. The summed E-state index contributed by atoms with van der Waals surface area (Å²) in [7, 11) is 0. The molecule has 0 atom stereocenters. The molecule has 1 amide bonds. The lowest BCUT2D eigenvalue weighted by Gasteiger charge is -2.05. The normalized spacial score (nSPS) is 11.2. The van der Waals surface area contributed by atoms with E-state index in [1.54, 1.807) is 29.0 Å². The van der Waals surface area contributed by atoms with Gasteiger partial charge in [-0.2, -0.15) is 0 Å². The van der Waals surface area contributed by atoms with Gasteiger partial charge in [-0.3, -0.25) is 19.1 Å². The van der Waals surface area contributed by atoms with E-state index in [1.165, 1.54) is 18.3 Å². The Hall–Kier alpha value is -2.52. The molecule has 0 spiro atoms. The molecule has 0 saturated heterocycles. The highest BCUT2D eigenvalue weighted by atomic mass is 32.1. The van der Waals surface area contributed by atoms with Crippen molar-refractivity contribution in [3.05, 3.63) is 33.1 Å². The molecule has 1 aromatic heterocycles. The van der Waals surface area contributed by atoms with Crippen molar-refractivity contribution in [1.29, 1.82) is 0 Å².